The van der Waals surface area contributed by atoms with Gasteiger partial charge in [-0.1, -0.05) is 57.2 Å². The van der Waals surface area contributed by atoms with E-state index in [1.54, 1.807) is 0 Å². The Balaban J connectivity index is 2.18. The van der Waals surface area contributed by atoms with Crippen LogP contribution in [-0.2, 0) is 0 Å². The summed E-state index contributed by atoms with van der Waals surface area (Å²) in [5.41, 5.74) is 4.05. The monoisotopic (exact) mass is 233 g/mol. The number of anilines is 1. The molecular weight excluding hydrogens is 206 g/mol. The van der Waals surface area contributed by atoms with E-state index in [1.807, 2.05) is 0 Å². The van der Waals surface area contributed by atoms with E-state index in [1.165, 1.54) is 55.3 Å². The van der Waals surface area contributed by atoms with Crippen LogP contribution in [0.3, 0.4) is 0 Å². The lowest BCUT2D eigenvalue weighted by Gasteiger charge is -2.12. The third-order valence-electron chi connectivity index (χ3n) is 3.31. The fraction of sp³-hybridized carbons (Fsp3) is 0.625. The van der Waals surface area contributed by atoms with E-state index in [4.69, 9.17) is 0 Å². The topological polar surface area (TPSA) is 12.0 Å². The van der Waals surface area contributed by atoms with Gasteiger partial charge in [0.25, 0.3) is 0 Å². The summed E-state index contributed by atoms with van der Waals surface area (Å²) in [7, 11) is 0. The minimum atomic E-state index is 1.11. The Hall–Kier alpha value is -0.980. The smallest absolute Gasteiger partial charge is 0.0399 e. The van der Waals surface area contributed by atoms with Crippen molar-refractivity contribution in [3.05, 3.63) is 29.3 Å². The second kappa shape index (κ2) is 8.16. The van der Waals surface area contributed by atoms with Gasteiger partial charge in [0.1, 0.15) is 0 Å². The van der Waals surface area contributed by atoms with Crippen LogP contribution in [0.25, 0.3) is 0 Å². The van der Waals surface area contributed by atoms with Gasteiger partial charge in [-0.15, -0.1) is 0 Å². The van der Waals surface area contributed by atoms with Gasteiger partial charge in [0.2, 0.25) is 0 Å². The maximum Gasteiger partial charge on any atom is 0.0399 e. The first-order valence-corrected chi connectivity index (χ1v) is 7.05. The molecular formula is C16H27N. The molecule has 0 aliphatic carbocycles. The summed E-state index contributed by atoms with van der Waals surface area (Å²) in [5.74, 6) is 0. The zero-order valence-corrected chi connectivity index (χ0v) is 11.7. The molecule has 1 aromatic rings. The van der Waals surface area contributed by atoms with Gasteiger partial charge in [0, 0.05) is 12.2 Å². The van der Waals surface area contributed by atoms with E-state index in [-0.39, 0.29) is 0 Å². The van der Waals surface area contributed by atoms with E-state index in [0.717, 1.165) is 6.54 Å². The van der Waals surface area contributed by atoms with Crippen LogP contribution in [0.15, 0.2) is 18.2 Å². The number of rotatable bonds is 8. The van der Waals surface area contributed by atoms with Crippen LogP contribution >= 0.6 is 0 Å². The first kappa shape index (κ1) is 14.1. The van der Waals surface area contributed by atoms with Gasteiger partial charge in [-0.2, -0.15) is 0 Å². The number of para-hydroxylation sites is 1. The molecule has 0 aromatic heterocycles. The van der Waals surface area contributed by atoms with Gasteiger partial charge in [-0.25, -0.2) is 0 Å². The quantitative estimate of drug-likeness (QED) is 0.618. The normalized spacial score (nSPS) is 10.5. The molecule has 1 heteroatoms. The maximum atomic E-state index is 3.57. The van der Waals surface area contributed by atoms with E-state index >= 15 is 0 Å². The maximum absolute atomic E-state index is 3.57. The molecule has 96 valence electrons. The second-order valence-corrected chi connectivity index (χ2v) is 4.96. The van der Waals surface area contributed by atoms with Crippen LogP contribution in [-0.4, -0.2) is 6.54 Å². The van der Waals surface area contributed by atoms with Crippen LogP contribution in [0.4, 0.5) is 5.69 Å². The largest absolute Gasteiger partial charge is 0.385 e. The Labute approximate surface area is 107 Å². The average Bonchev–Trinajstić information content (AvgIpc) is 2.31. The van der Waals surface area contributed by atoms with Crippen LogP contribution in [0.5, 0.6) is 0 Å². The van der Waals surface area contributed by atoms with Crippen LogP contribution in [0.1, 0.15) is 56.6 Å². The Morgan fingerprint density at radius 3 is 2.12 bits per heavy atom. The predicted molar refractivity (Wildman–Crippen MR) is 77.8 cm³/mol. The Kier molecular flexibility index (Phi) is 6.76. The molecule has 0 radical (unpaired) electrons. The molecule has 0 spiro atoms. The van der Waals surface area contributed by atoms with Gasteiger partial charge < -0.3 is 5.32 Å². The third kappa shape index (κ3) is 5.25. The molecule has 0 aliphatic heterocycles. The first-order chi connectivity index (χ1) is 8.25. The number of hydrogen-bond donors (Lipinski definition) is 1. The molecule has 0 heterocycles. The van der Waals surface area contributed by atoms with Crippen molar-refractivity contribution in [2.45, 2.75) is 59.3 Å². The van der Waals surface area contributed by atoms with E-state index in [0.29, 0.717) is 0 Å². The molecule has 0 bridgehead atoms. The summed E-state index contributed by atoms with van der Waals surface area (Å²) in [6.45, 7) is 7.73. The number of benzene rings is 1. The number of aryl methyl sites for hydroxylation is 2. The summed E-state index contributed by atoms with van der Waals surface area (Å²) in [5, 5.41) is 3.57. The summed E-state index contributed by atoms with van der Waals surface area (Å²) in [6, 6.07) is 6.48. The second-order valence-electron chi connectivity index (χ2n) is 4.96. The summed E-state index contributed by atoms with van der Waals surface area (Å²) in [4.78, 5) is 0. The van der Waals surface area contributed by atoms with Crippen LogP contribution in [0, 0.1) is 13.8 Å². The molecule has 0 amide bonds. The van der Waals surface area contributed by atoms with E-state index in [9.17, 15) is 0 Å². The first-order valence-electron chi connectivity index (χ1n) is 7.05. The summed E-state index contributed by atoms with van der Waals surface area (Å²) in [6.07, 6.45) is 8.17. The van der Waals surface area contributed by atoms with Gasteiger partial charge >= 0.3 is 0 Å². The van der Waals surface area contributed by atoms with E-state index in [2.05, 4.69) is 44.3 Å². The molecule has 1 N–H and O–H groups in total. The fourth-order valence-corrected chi connectivity index (χ4v) is 2.21. The lowest BCUT2D eigenvalue weighted by Crippen LogP contribution is -2.04. The Morgan fingerprint density at radius 2 is 1.47 bits per heavy atom. The van der Waals surface area contributed by atoms with Crippen molar-refractivity contribution in [3.8, 4) is 0 Å². The lowest BCUT2D eigenvalue weighted by atomic mass is 10.1. The zero-order valence-electron chi connectivity index (χ0n) is 11.7. The molecule has 0 aliphatic rings. The minimum absolute atomic E-state index is 1.11. The van der Waals surface area contributed by atoms with Crippen molar-refractivity contribution in [1.29, 1.82) is 0 Å². The number of nitrogens with one attached hydrogen (secondary N) is 1. The molecule has 0 saturated carbocycles. The van der Waals surface area contributed by atoms with Crippen LogP contribution < -0.4 is 5.32 Å². The van der Waals surface area contributed by atoms with Crippen molar-refractivity contribution in [3.63, 3.8) is 0 Å². The Bertz CT molecular complexity index is 297. The summed E-state index contributed by atoms with van der Waals surface area (Å²) < 4.78 is 0. The highest BCUT2D eigenvalue weighted by Crippen LogP contribution is 2.19. The molecule has 0 atom stereocenters. The molecule has 0 unspecified atom stereocenters. The third-order valence-corrected chi connectivity index (χ3v) is 3.31. The SMILES string of the molecule is CCCCCCCCNc1c(C)cccc1C. The van der Waals surface area contributed by atoms with Crippen molar-refractivity contribution >= 4 is 5.69 Å². The average molecular weight is 233 g/mol. The molecule has 1 nitrogen and oxygen atoms in total. The highest BCUT2D eigenvalue weighted by Gasteiger charge is 2.00. The Morgan fingerprint density at radius 1 is 0.882 bits per heavy atom. The van der Waals surface area contributed by atoms with Gasteiger partial charge in [0.05, 0.1) is 0 Å². The minimum Gasteiger partial charge on any atom is -0.385 e. The zero-order chi connectivity index (χ0) is 12.5. The van der Waals surface area contributed by atoms with Crippen molar-refractivity contribution < 1.29 is 0 Å². The lowest BCUT2D eigenvalue weighted by molar-refractivity contribution is 0.617. The predicted octanol–water partition coefficient (Wildman–Crippen LogP) is 5.08. The van der Waals surface area contributed by atoms with Gasteiger partial charge in [0.15, 0.2) is 0 Å². The highest BCUT2D eigenvalue weighted by molar-refractivity contribution is 5.56. The van der Waals surface area contributed by atoms with Gasteiger partial charge in [-0.05, 0) is 31.4 Å². The molecule has 1 aromatic carbocycles. The van der Waals surface area contributed by atoms with Crippen molar-refractivity contribution in [2.24, 2.45) is 0 Å². The standard InChI is InChI=1S/C16H27N/c1-4-5-6-7-8-9-13-17-16-14(2)11-10-12-15(16)3/h10-12,17H,4-9,13H2,1-3H3. The number of unbranched alkanes of at least 4 members (excludes halogenated alkanes) is 5. The van der Waals surface area contributed by atoms with E-state index < -0.39 is 0 Å². The molecule has 17 heavy (non-hydrogen) atoms. The van der Waals surface area contributed by atoms with Crippen LogP contribution in [0.2, 0.25) is 0 Å². The molecule has 0 saturated heterocycles. The molecule has 1 rings (SSSR count). The highest BCUT2D eigenvalue weighted by atomic mass is 14.9. The molecule has 0 fully saturated rings. The van der Waals surface area contributed by atoms with Gasteiger partial charge in [-0.3, -0.25) is 0 Å². The fourth-order valence-electron chi connectivity index (χ4n) is 2.21. The number of hydrogen-bond acceptors (Lipinski definition) is 1. The van der Waals surface area contributed by atoms with Crippen molar-refractivity contribution in [2.75, 3.05) is 11.9 Å². The summed E-state index contributed by atoms with van der Waals surface area (Å²) >= 11 is 0. The van der Waals surface area contributed by atoms with Crippen molar-refractivity contribution in [1.82, 2.24) is 0 Å².